The van der Waals surface area contributed by atoms with Gasteiger partial charge in [-0.05, 0) is 28.8 Å². The second-order valence-corrected chi connectivity index (χ2v) is 7.23. The molecule has 3 rings (SSSR count). The van der Waals surface area contributed by atoms with E-state index in [0.717, 1.165) is 11.1 Å². The Morgan fingerprint density at radius 2 is 1.55 bits per heavy atom. The number of aliphatic hydroxyl groups is 1. The minimum Gasteiger partial charge on any atom is -0.515 e. The minimum atomic E-state index is -0.743. The highest BCUT2D eigenvalue weighted by molar-refractivity contribution is 6.37. The highest BCUT2D eigenvalue weighted by Crippen LogP contribution is 2.25. The van der Waals surface area contributed by atoms with E-state index in [9.17, 15) is 19.8 Å². The number of hydrogen-bond acceptors (Lipinski definition) is 5. The average Bonchev–Trinajstić information content (AvgIpc) is 2.85. The second kappa shape index (κ2) is 11.5. The Morgan fingerprint density at radius 3 is 2.09 bits per heavy atom. The van der Waals surface area contributed by atoms with E-state index in [1.54, 1.807) is 0 Å². The van der Waals surface area contributed by atoms with Crippen molar-refractivity contribution in [2.75, 3.05) is 13.2 Å². The van der Waals surface area contributed by atoms with Gasteiger partial charge in [-0.15, -0.1) is 0 Å². The predicted octanol–water partition coefficient (Wildman–Crippen LogP) is 4.34. The van der Waals surface area contributed by atoms with Gasteiger partial charge in [0.05, 0.1) is 24.0 Å². The molecule has 33 heavy (non-hydrogen) atoms. The van der Waals surface area contributed by atoms with Crippen LogP contribution in [0.3, 0.4) is 0 Å². The van der Waals surface area contributed by atoms with Crippen molar-refractivity contribution in [3.63, 3.8) is 0 Å². The summed E-state index contributed by atoms with van der Waals surface area (Å²) in [6, 6.07) is 25.3. The molecule has 0 heterocycles. The quantitative estimate of drug-likeness (QED) is 0.142. The highest BCUT2D eigenvalue weighted by atomic mass is 16.5. The SMILES string of the molecule is C=C(C(=O)NCCOC(c1ccccc1)c1ccccc1)C(=O)/C(=C/O)c1cccc(O)c1. The number of amides is 1. The molecule has 0 aliphatic heterocycles. The third-order valence-electron chi connectivity index (χ3n) is 4.96. The molecule has 0 spiro atoms. The molecule has 1 amide bonds. The molecule has 168 valence electrons. The highest BCUT2D eigenvalue weighted by Gasteiger charge is 2.22. The molecule has 0 unspecified atom stereocenters. The molecule has 0 radical (unpaired) electrons. The molecular formula is C27H25NO5. The molecule has 0 atom stereocenters. The first kappa shape index (κ1) is 23.5. The summed E-state index contributed by atoms with van der Waals surface area (Å²) in [5.74, 6) is -1.48. The van der Waals surface area contributed by atoms with Crippen LogP contribution in [-0.4, -0.2) is 35.1 Å². The summed E-state index contributed by atoms with van der Waals surface area (Å²) in [7, 11) is 0. The molecule has 0 fully saturated rings. The molecule has 0 aromatic heterocycles. The summed E-state index contributed by atoms with van der Waals surface area (Å²) in [5, 5.41) is 21.7. The van der Waals surface area contributed by atoms with Gasteiger partial charge < -0.3 is 20.3 Å². The molecule has 3 aromatic rings. The van der Waals surface area contributed by atoms with Gasteiger partial charge in [-0.1, -0.05) is 79.4 Å². The number of rotatable bonds is 10. The lowest BCUT2D eigenvalue weighted by molar-refractivity contribution is -0.120. The Hall–Kier alpha value is -4.16. The van der Waals surface area contributed by atoms with Crippen LogP contribution in [0.1, 0.15) is 22.8 Å². The zero-order chi connectivity index (χ0) is 23.6. The fourth-order valence-corrected chi connectivity index (χ4v) is 3.29. The number of allylic oxidation sites excluding steroid dienone is 1. The largest absolute Gasteiger partial charge is 0.515 e. The maximum absolute atomic E-state index is 12.6. The van der Waals surface area contributed by atoms with Crippen molar-refractivity contribution in [2.24, 2.45) is 0 Å². The van der Waals surface area contributed by atoms with Crippen LogP contribution in [0, 0.1) is 0 Å². The van der Waals surface area contributed by atoms with E-state index < -0.39 is 11.7 Å². The van der Waals surface area contributed by atoms with Gasteiger partial charge in [0.2, 0.25) is 5.78 Å². The third kappa shape index (κ3) is 6.18. The van der Waals surface area contributed by atoms with E-state index in [-0.39, 0.29) is 41.7 Å². The first-order valence-corrected chi connectivity index (χ1v) is 10.4. The summed E-state index contributed by atoms with van der Waals surface area (Å²) in [6.45, 7) is 3.93. The fraction of sp³-hybridized carbons (Fsp3) is 0.111. The van der Waals surface area contributed by atoms with Crippen LogP contribution in [0.2, 0.25) is 0 Å². The van der Waals surface area contributed by atoms with Crippen LogP contribution in [0.25, 0.3) is 5.57 Å². The number of ketones is 1. The van der Waals surface area contributed by atoms with Crippen molar-refractivity contribution >= 4 is 17.3 Å². The second-order valence-electron chi connectivity index (χ2n) is 7.23. The standard InChI is InChI=1S/C27H25NO5/c1-19(25(31)24(18-29)22-13-8-14-23(30)17-22)27(32)28-15-16-33-26(20-9-4-2-5-10-20)21-11-6-3-7-12-21/h2-14,17-18,26,29-30H,1,15-16H2,(H,28,32)/b24-18+. The van der Waals surface area contributed by atoms with E-state index in [0.29, 0.717) is 6.26 Å². The van der Waals surface area contributed by atoms with Crippen LogP contribution in [0.15, 0.2) is 103 Å². The molecule has 0 saturated heterocycles. The number of carbonyl (C=O) groups excluding carboxylic acids is 2. The summed E-state index contributed by atoms with van der Waals surface area (Å²) in [4.78, 5) is 25.1. The summed E-state index contributed by atoms with van der Waals surface area (Å²) >= 11 is 0. The van der Waals surface area contributed by atoms with E-state index in [1.807, 2.05) is 60.7 Å². The van der Waals surface area contributed by atoms with E-state index in [2.05, 4.69) is 11.9 Å². The molecular weight excluding hydrogens is 418 g/mol. The Labute approximate surface area is 192 Å². The lowest BCUT2D eigenvalue weighted by Gasteiger charge is -2.19. The van der Waals surface area contributed by atoms with Crippen molar-refractivity contribution in [2.45, 2.75) is 6.10 Å². The number of benzene rings is 3. The van der Waals surface area contributed by atoms with Gasteiger partial charge in [-0.25, -0.2) is 0 Å². The molecule has 3 N–H and O–H groups in total. The maximum atomic E-state index is 12.6. The zero-order valence-corrected chi connectivity index (χ0v) is 18.0. The van der Waals surface area contributed by atoms with Crippen LogP contribution >= 0.6 is 0 Å². The number of Topliss-reactive ketones (excluding diaryl/α,β-unsaturated/α-hetero) is 1. The molecule has 0 aliphatic carbocycles. The Kier molecular flexibility index (Phi) is 8.16. The van der Waals surface area contributed by atoms with Gasteiger partial charge >= 0.3 is 0 Å². The normalized spacial score (nSPS) is 11.2. The van der Waals surface area contributed by atoms with Crippen LogP contribution < -0.4 is 5.32 Å². The van der Waals surface area contributed by atoms with Gasteiger partial charge in [0.1, 0.15) is 11.9 Å². The van der Waals surface area contributed by atoms with E-state index in [4.69, 9.17) is 4.74 Å². The summed E-state index contributed by atoms with van der Waals surface area (Å²) < 4.78 is 6.05. The smallest absolute Gasteiger partial charge is 0.254 e. The van der Waals surface area contributed by atoms with Gasteiger partial charge in [-0.2, -0.15) is 0 Å². The molecule has 0 saturated carbocycles. The first-order valence-electron chi connectivity index (χ1n) is 10.4. The fourth-order valence-electron chi connectivity index (χ4n) is 3.29. The Bertz CT molecular complexity index is 1100. The molecule has 0 aliphatic rings. The average molecular weight is 443 g/mol. The molecule has 0 bridgehead atoms. The number of aromatic hydroxyl groups is 1. The molecule has 6 heteroatoms. The number of hydrogen-bond donors (Lipinski definition) is 3. The summed E-state index contributed by atoms with van der Waals surface area (Å²) in [5.41, 5.74) is 1.77. The third-order valence-corrected chi connectivity index (χ3v) is 4.96. The monoisotopic (exact) mass is 443 g/mol. The number of carbonyl (C=O) groups is 2. The number of ether oxygens (including phenoxy) is 1. The van der Waals surface area contributed by atoms with E-state index >= 15 is 0 Å². The van der Waals surface area contributed by atoms with Crippen molar-refractivity contribution in [1.82, 2.24) is 5.32 Å². The van der Waals surface area contributed by atoms with Gasteiger partial charge in [0.25, 0.3) is 5.91 Å². The van der Waals surface area contributed by atoms with Gasteiger partial charge in [0, 0.05) is 6.54 Å². The lowest BCUT2D eigenvalue weighted by Crippen LogP contribution is -2.31. The van der Waals surface area contributed by atoms with Crippen LogP contribution in [0.4, 0.5) is 0 Å². The lowest BCUT2D eigenvalue weighted by atomic mass is 9.98. The van der Waals surface area contributed by atoms with Crippen LogP contribution in [0.5, 0.6) is 5.75 Å². The van der Waals surface area contributed by atoms with Gasteiger partial charge in [-0.3, -0.25) is 9.59 Å². The van der Waals surface area contributed by atoms with Crippen molar-refractivity contribution in [1.29, 1.82) is 0 Å². The topological polar surface area (TPSA) is 95.9 Å². The number of phenolic OH excluding ortho intramolecular Hbond substituents is 1. The first-order chi connectivity index (χ1) is 16.0. The number of aliphatic hydroxyl groups excluding tert-OH is 1. The predicted molar refractivity (Wildman–Crippen MR) is 127 cm³/mol. The number of phenols is 1. The van der Waals surface area contributed by atoms with Crippen molar-refractivity contribution < 1.29 is 24.5 Å². The van der Waals surface area contributed by atoms with Crippen molar-refractivity contribution in [3.8, 4) is 5.75 Å². The number of nitrogens with one attached hydrogen (secondary N) is 1. The Balaban J connectivity index is 1.58. The molecule has 6 nitrogen and oxygen atoms in total. The van der Waals surface area contributed by atoms with Crippen molar-refractivity contribution in [3.05, 3.63) is 120 Å². The van der Waals surface area contributed by atoms with Gasteiger partial charge in [0.15, 0.2) is 0 Å². The minimum absolute atomic E-state index is 0.0711. The van der Waals surface area contributed by atoms with E-state index in [1.165, 1.54) is 24.3 Å². The molecule has 3 aromatic carbocycles. The zero-order valence-electron chi connectivity index (χ0n) is 18.0. The Morgan fingerprint density at radius 1 is 0.939 bits per heavy atom. The maximum Gasteiger partial charge on any atom is 0.254 e. The summed E-state index contributed by atoms with van der Waals surface area (Å²) in [6.07, 6.45) is 0.298. The van der Waals surface area contributed by atoms with Crippen LogP contribution in [-0.2, 0) is 14.3 Å².